The van der Waals surface area contributed by atoms with Crippen LogP contribution in [0.1, 0.15) is 44.6 Å². The fourth-order valence-electron chi connectivity index (χ4n) is 2.90. The summed E-state index contributed by atoms with van der Waals surface area (Å²) in [6.45, 7) is 6.14. The molecular weight excluding hydrogens is 222 g/mol. The molecule has 1 atom stereocenters. The van der Waals surface area contributed by atoms with Gasteiger partial charge in [-0.15, -0.1) is 0 Å². The first kappa shape index (κ1) is 13.1. The summed E-state index contributed by atoms with van der Waals surface area (Å²) in [7, 11) is 0. The summed E-state index contributed by atoms with van der Waals surface area (Å²) in [5, 5.41) is 0. The van der Waals surface area contributed by atoms with E-state index in [9.17, 15) is 4.79 Å². The van der Waals surface area contributed by atoms with Gasteiger partial charge in [-0.25, -0.2) is 0 Å². The third kappa shape index (κ3) is 2.92. The smallest absolute Gasteiger partial charge is 0.222 e. The zero-order valence-electron chi connectivity index (χ0n) is 11.4. The van der Waals surface area contributed by atoms with Gasteiger partial charge in [0.25, 0.3) is 0 Å². The number of rotatable bonds is 3. The van der Waals surface area contributed by atoms with Crippen molar-refractivity contribution in [2.45, 2.75) is 39.0 Å². The van der Waals surface area contributed by atoms with Crippen molar-refractivity contribution < 1.29 is 4.79 Å². The third-order valence-electron chi connectivity index (χ3n) is 4.23. The molecule has 0 bridgehead atoms. The first-order chi connectivity index (χ1) is 8.72. The minimum Gasteiger partial charge on any atom is -0.343 e. The highest BCUT2D eigenvalue weighted by molar-refractivity contribution is 5.75. The number of carbonyl (C=O) groups excluding carboxylic acids is 1. The van der Waals surface area contributed by atoms with Crippen LogP contribution in [-0.4, -0.2) is 23.9 Å². The number of likely N-dealkylation sites (tertiary alicyclic amines) is 1. The summed E-state index contributed by atoms with van der Waals surface area (Å²) in [6.07, 6.45) is 2.92. The van der Waals surface area contributed by atoms with Crippen molar-refractivity contribution >= 4 is 5.91 Å². The van der Waals surface area contributed by atoms with Gasteiger partial charge in [-0.05, 0) is 30.2 Å². The first-order valence-electron chi connectivity index (χ1n) is 7.05. The van der Waals surface area contributed by atoms with Gasteiger partial charge in [0, 0.05) is 19.5 Å². The average Bonchev–Trinajstić information content (AvgIpc) is 2.47. The fourth-order valence-corrected chi connectivity index (χ4v) is 2.90. The molecule has 1 heterocycles. The van der Waals surface area contributed by atoms with Crippen LogP contribution in [0, 0.1) is 5.92 Å². The summed E-state index contributed by atoms with van der Waals surface area (Å²) in [5.74, 6) is 1.62. The third-order valence-corrected chi connectivity index (χ3v) is 4.23. The van der Waals surface area contributed by atoms with Gasteiger partial charge in [-0.1, -0.05) is 44.2 Å². The predicted molar refractivity (Wildman–Crippen MR) is 74.5 cm³/mol. The molecule has 1 aliphatic heterocycles. The second-order valence-electron chi connectivity index (χ2n) is 5.27. The second kappa shape index (κ2) is 6.03. The van der Waals surface area contributed by atoms with Crippen LogP contribution in [-0.2, 0) is 4.79 Å². The Morgan fingerprint density at radius 3 is 2.44 bits per heavy atom. The number of piperidine rings is 1. The van der Waals surface area contributed by atoms with Gasteiger partial charge >= 0.3 is 0 Å². The number of carbonyl (C=O) groups is 1. The number of hydrogen-bond donors (Lipinski definition) is 0. The SMILES string of the molecule is CCC(=O)N1CCC(C(C)c2ccccc2)CC1. The summed E-state index contributed by atoms with van der Waals surface area (Å²) >= 11 is 0. The number of hydrogen-bond acceptors (Lipinski definition) is 1. The van der Waals surface area contributed by atoms with E-state index in [1.165, 1.54) is 5.56 Å². The van der Waals surface area contributed by atoms with Crippen LogP contribution in [0.3, 0.4) is 0 Å². The van der Waals surface area contributed by atoms with Crippen LogP contribution < -0.4 is 0 Å². The van der Waals surface area contributed by atoms with E-state index in [1.807, 2.05) is 11.8 Å². The zero-order chi connectivity index (χ0) is 13.0. The van der Waals surface area contributed by atoms with E-state index in [4.69, 9.17) is 0 Å². The molecule has 2 heteroatoms. The van der Waals surface area contributed by atoms with E-state index in [-0.39, 0.29) is 0 Å². The lowest BCUT2D eigenvalue weighted by Gasteiger charge is -2.35. The highest BCUT2D eigenvalue weighted by atomic mass is 16.2. The highest BCUT2D eigenvalue weighted by Crippen LogP contribution is 2.32. The maximum atomic E-state index is 11.6. The van der Waals surface area contributed by atoms with Crippen molar-refractivity contribution in [3.8, 4) is 0 Å². The van der Waals surface area contributed by atoms with Gasteiger partial charge in [0.15, 0.2) is 0 Å². The maximum Gasteiger partial charge on any atom is 0.222 e. The molecule has 0 spiro atoms. The van der Waals surface area contributed by atoms with Gasteiger partial charge in [0.05, 0.1) is 0 Å². The van der Waals surface area contributed by atoms with Crippen LogP contribution in [0.15, 0.2) is 30.3 Å². The molecule has 0 aromatic heterocycles. The monoisotopic (exact) mass is 245 g/mol. The van der Waals surface area contributed by atoms with Crippen molar-refractivity contribution in [3.63, 3.8) is 0 Å². The molecule has 1 aliphatic rings. The maximum absolute atomic E-state index is 11.6. The summed E-state index contributed by atoms with van der Waals surface area (Å²) < 4.78 is 0. The first-order valence-corrected chi connectivity index (χ1v) is 7.05. The molecule has 98 valence electrons. The minimum atomic E-state index is 0.306. The predicted octanol–water partition coefficient (Wildman–Crippen LogP) is 3.44. The Morgan fingerprint density at radius 1 is 1.28 bits per heavy atom. The van der Waals surface area contributed by atoms with Crippen LogP contribution >= 0.6 is 0 Å². The van der Waals surface area contributed by atoms with Crippen LogP contribution in [0.4, 0.5) is 0 Å². The Bertz CT molecular complexity index is 379. The van der Waals surface area contributed by atoms with E-state index in [0.717, 1.165) is 25.9 Å². The van der Waals surface area contributed by atoms with E-state index in [1.54, 1.807) is 0 Å². The Kier molecular flexibility index (Phi) is 4.40. The van der Waals surface area contributed by atoms with Crippen molar-refractivity contribution in [2.24, 2.45) is 5.92 Å². The Hall–Kier alpha value is -1.31. The van der Waals surface area contributed by atoms with E-state index in [0.29, 0.717) is 24.2 Å². The minimum absolute atomic E-state index is 0.306. The van der Waals surface area contributed by atoms with E-state index < -0.39 is 0 Å². The van der Waals surface area contributed by atoms with Gasteiger partial charge in [0.1, 0.15) is 0 Å². The molecule has 0 saturated carbocycles. The van der Waals surface area contributed by atoms with Crippen molar-refractivity contribution in [1.82, 2.24) is 4.90 Å². The standard InChI is InChI=1S/C16H23NO/c1-3-16(18)17-11-9-15(10-12-17)13(2)14-7-5-4-6-8-14/h4-8,13,15H,3,9-12H2,1-2H3. The van der Waals surface area contributed by atoms with Crippen LogP contribution in [0.25, 0.3) is 0 Å². The lowest BCUT2D eigenvalue weighted by atomic mass is 9.81. The number of benzene rings is 1. The Morgan fingerprint density at radius 2 is 1.89 bits per heavy atom. The molecular formula is C16H23NO. The van der Waals surface area contributed by atoms with Crippen molar-refractivity contribution in [1.29, 1.82) is 0 Å². The average molecular weight is 245 g/mol. The quantitative estimate of drug-likeness (QED) is 0.799. The lowest BCUT2D eigenvalue weighted by molar-refractivity contribution is -0.132. The summed E-state index contributed by atoms with van der Waals surface area (Å²) in [5.41, 5.74) is 1.43. The fraction of sp³-hybridized carbons (Fsp3) is 0.562. The van der Waals surface area contributed by atoms with E-state index >= 15 is 0 Å². The Balaban J connectivity index is 1.92. The largest absolute Gasteiger partial charge is 0.343 e. The molecule has 1 amide bonds. The Labute approximate surface area is 110 Å². The number of amides is 1. The topological polar surface area (TPSA) is 20.3 Å². The molecule has 1 saturated heterocycles. The normalized spacial score (nSPS) is 18.7. The van der Waals surface area contributed by atoms with Gasteiger partial charge in [-0.2, -0.15) is 0 Å². The molecule has 2 rings (SSSR count). The molecule has 0 aliphatic carbocycles. The highest BCUT2D eigenvalue weighted by Gasteiger charge is 2.26. The van der Waals surface area contributed by atoms with E-state index in [2.05, 4.69) is 37.3 Å². The molecule has 0 N–H and O–H groups in total. The second-order valence-corrected chi connectivity index (χ2v) is 5.27. The summed E-state index contributed by atoms with van der Waals surface area (Å²) in [4.78, 5) is 13.7. The van der Waals surface area contributed by atoms with Crippen molar-refractivity contribution in [3.05, 3.63) is 35.9 Å². The van der Waals surface area contributed by atoms with Crippen LogP contribution in [0.2, 0.25) is 0 Å². The summed E-state index contributed by atoms with van der Waals surface area (Å²) in [6, 6.07) is 10.7. The molecule has 1 aromatic carbocycles. The number of nitrogens with zero attached hydrogens (tertiary/aromatic N) is 1. The molecule has 18 heavy (non-hydrogen) atoms. The molecule has 2 nitrogen and oxygen atoms in total. The zero-order valence-corrected chi connectivity index (χ0v) is 11.4. The van der Waals surface area contributed by atoms with Crippen LogP contribution in [0.5, 0.6) is 0 Å². The molecule has 0 radical (unpaired) electrons. The van der Waals surface area contributed by atoms with Crippen molar-refractivity contribution in [2.75, 3.05) is 13.1 Å². The van der Waals surface area contributed by atoms with Gasteiger partial charge < -0.3 is 4.90 Å². The molecule has 1 fully saturated rings. The lowest BCUT2D eigenvalue weighted by Crippen LogP contribution is -2.39. The molecule has 1 aromatic rings. The molecule has 1 unspecified atom stereocenters. The van der Waals surface area contributed by atoms with Gasteiger partial charge in [-0.3, -0.25) is 4.79 Å². The van der Waals surface area contributed by atoms with Gasteiger partial charge in [0.2, 0.25) is 5.91 Å².